The molecule has 0 saturated heterocycles. The Labute approximate surface area is 147 Å². The van der Waals surface area contributed by atoms with E-state index in [0.717, 1.165) is 6.42 Å². The number of benzene rings is 1. The lowest BCUT2D eigenvalue weighted by molar-refractivity contribution is -0.126. The molecule has 1 aliphatic heterocycles. The number of para-hydroxylation sites is 1. The fourth-order valence-corrected chi connectivity index (χ4v) is 3.16. The van der Waals surface area contributed by atoms with Crippen LogP contribution in [0.25, 0.3) is 16.5 Å². The molecule has 0 atom stereocenters. The van der Waals surface area contributed by atoms with Gasteiger partial charge in [0.25, 0.3) is 5.91 Å². The van der Waals surface area contributed by atoms with Crippen molar-refractivity contribution in [2.75, 3.05) is 19.7 Å². The Morgan fingerprint density at radius 1 is 1.40 bits per heavy atom. The lowest BCUT2D eigenvalue weighted by Gasteiger charge is -2.26. The molecule has 0 aliphatic carbocycles. The molecule has 0 radical (unpaired) electrons. The largest absolute Gasteiger partial charge is 0.500 e. The number of aromatic nitrogens is 1. The second-order valence-corrected chi connectivity index (χ2v) is 6.00. The molecule has 0 bridgehead atoms. The van der Waals surface area contributed by atoms with Crippen LogP contribution in [0.2, 0.25) is 0 Å². The standard InChI is InChI=1S/C20H21N3O2/c1-3-25-14-16(12-21)20(24)23-10-8-15(9-11-23)18-13-22(2)19-7-5-4-6-17(18)19/h4-8,13-14H,3,9-11H2,1-2H3/b16-14+. The quantitative estimate of drug-likeness (QED) is 0.490. The van der Waals surface area contributed by atoms with Gasteiger partial charge in [-0.2, -0.15) is 5.26 Å². The highest BCUT2D eigenvalue weighted by Gasteiger charge is 2.22. The summed E-state index contributed by atoms with van der Waals surface area (Å²) in [5.74, 6) is -0.274. The molecule has 0 saturated carbocycles. The van der Waals surface area contributed by atoms with E-state index >= 15 is 0 Å². The Morgan fingerprint density at radius 2 is 2.20 bits per heavy atom. The second kappa shape index (κ2) is 7.27. The number of aryl methyl sites for hydroxylation is 1. The van der Waals surface area contributed by atoms with Gasteiger partial charge in [0.2, 0.25) is 0 Å². The average Bonchev–Trinajstić information content (AvgIpc) is 2.99. The zero-order chi connectivity index (χ0) is 17.8. The van der Waals surface area contributed by atoms with Crippen molar-refractivity contribution in [3.8, 4) is 6.07 Å². The Morgan fingerprint density at radius 3 is 2.88 bits per heavy atom. The van der Waals surface area contributed by atoms with Crippen molar-refractivity contribution in [1.82, 2.24) is 9.47 Å². The van der Waals surface area contributed by atoms with E-state index < -0.39 is 0 Å². The van der Waals surface area contributed by atoms with Crippen LogP contribution in [-0.2, 0) is 16.6 Å². The van der Waals surface area contributed by atoms with Crippen LogP contribution in [0.5, 0.6) is 0 Å². The van der Waals surface area contributed by atoms with E-state index in [0.29, 0.717) is 19.7 Å². The van der Waals surface area contributed by atoms with Gasteiger partial charge in [-0.1, -0.05) is 24.3 Å². The summed E-state index contributed by atoms with van der Waals surface area (Å²) < 4.78 is 7.22. The van der Waals surface area contributed by atoms with Crippen LogP contribution in [-0.4, -0.2) is 35.1 Å². The molecule has 1 amide bonds. The van der Waals surface area contributed by atoms with Crippen molar-refractivity contribution >= 4 is 22.4 Å². The maximum absolute atomic E-state index is 12.4. The van der Waals surface area contributed by atoms with Gasteiger partial charge < -0.3 is 14.2 Å². The van der Waals surface area contributed by atoms with Gasteiger partial charge in [0.15, 0.2) is 5.57 Å². The van der Waals surface area contributed by atoms with E-state index in [2.05, 4.69) is 29.0 Å². The molecule has 5 nitrogen and oxygen atoms in total. The van der Waals surface area contributed by atoms with E-state index in [-0.39, 0.29) is 11.5 Å². The molecule has 128 valence electrons. The van der Waals surface area contributed by atoms with Gasteiger partial charge in [0.05, 0.1) is 6.61 Å². The highest BCUT2D eigenvalue weighted by Crippen LogP contribution is 2.30. The van der Waals surface area contributed by atoms with Crippen LogP contribution in [0.15, 0.2) is 48.4 Å². The second-order valence-electron chi connectivity index (χ2n) is 6.00. The molecule has 0 fully saturated rings. The third-order valence-electron chi connectivity index (χ3n) is 4.46. The maximum atomic E-state index is 12.4. The zero-order valence-corrected chi connectivity index (χ0v) is 14.5. The number of hydrogen-bond acceptors (Lipinski definition) is 3. The van der Waals surface area contributed by atoms with Gasteiger partial charge in [-0.3, -0.25) is 4.79 Å². The highest BCUT2D eigenvalue weighted by atomic mass is 16.5. The molecular formula is C20H21N3O2. The Hall–Kier alpha value is -3.00. The number of carbonyl (C=O) groups excluding carboxylic acids is 1. The monoisotopic (exact) mass is 335 g/mol. The first-order chi connectivity index (χ1) is 12.2. The maximum Gasteiger partial charge on any atom is 0.267 e. The van der Waals surface area contributed by atoms with Gasteiger partial charge >= 0.3 is 0 Å². The van der Waals surface area contributed by atoms with E-state index in [1.165, 1.54) is 28.3 Å². The van der Waals surface area contributed by atoms with E-state index in [9.17, 15) is 4.79 Å². The molecule has 1 aromatic carbocycles. The summed E-state index contributed by atoms with van der Waals surface area (Å²) in [6, 6.07) is 10.2. The summed E-state index contributed by atoms with van der Waals surface area (Å²) in [6.45, 7) is 3.35. The summed E-state index contributed by atoms with van der Waals surface area (Å²) in [5, 5.41) is 10.4. The first-order valence-corrected chi connectivity index (χ1v) is 8.40. The SMILES string of the molecule is CCO/C=C(\C#N)C(=O)N1CC=C(c2cn(C)c3ccccc23)CC1. The summed E-state index contributed by atoms with van der Waals surface area (Å²) in [7, 11) is 2.04. The van der Waals surface area contributed by atoms with Crippen molar-refractivity contribution in [1.29, 1.82) is 5.26 Å². The third-order valence-corrected chi connectivity index (χ3v) is 4.46. The number of ether oxygens (including phenoxy) is 1. The number of nitriles is 1. The van der Waals surface area contributed by atoms with Crippen molar-refractivity contribution in [3.63, 3.8) is 0 Å². The van der Waals surface area contributed by atoms with Crippen LogP contribution in [0.1, 0.15) is 18.9 Å². The number of nitrogens with zero attached hydrogens (tertiary/aromatic N) is 3. The molecule has 1 aromatic heterocycles. The van der Waals surface area contributed by atoms with Gasteiger partial charge in [-0.15, -0.1) is 0 Å². The van der Waals surface area contributed by atoms with E-state index in [4.69, 9.17) is 10.00 Å². The highest BCUT2D eigenvalue weighted by molar-refractivity contribution is 5.98. The molecule has 0 spiro atoms. The molecule has 2 heterocycles. The van der Waals surface area contributed by atoms with Crippen molar-refractivity contribution in [3.05, 3.63) is 53.9 Å². The predicted octanol–water partition coefficient (Wildman–Crippen LogP) is 3.24. The summed E-state index contributed by atoms with van der Waals surface area (Å²) in [4.78, 5) is 14.1. The lowest BCUT2D eigenvalue weighted by Crippen LogP contribution is -2.35. The molecule has 1 aliphatic rings. The first kappa shape index (κ1) is 16.8. The average molecular weight is 335 g/mol. The molecule has 0 N–H and O–H groups in total. The number of fused-ring (bicyclic) bond motifs is 1. The van der Waals surface area contributed by atoms with E-state index in [1.54, 1.807) is 4.90 Å². The minimum Gasteiger partial charge on any atom is -0.500 e. The number of hydrogen-bond donors (Lipinski definition) is 0. The molecule has 5 heteroatoms. The Kier molecular flexibility index (Phi) is 4.90. The molecule has 0 unspecified atom stereocenters. The van der Waals surface area contributed by atoms with Gasteiger partial charge in [0.1, 0.15) is 12.3 Å². The fourth-order valence-electron chi connectivity index (χ4n) is 3.16. The molecule has 2 aromatic rings. The van der Waals surface area contributed by atoms with Crippen LogP contribution < -0.4 is 0 Å². The number of amides is 1. The van der Waals surface area contributed by atoms with Crippen LogP contribution in [0.3, 0.4) is 0 Å². The normalized spacial score (nSPS) is 15.0. The Bertz CT molecular complexity index is 899. The van der Waals surface area contributed by atoms with Crippen molar-refractivity contribution < 1.29 is 9.53 Å². The summed E-state index contributed by atoms with van der Waals surface area (Å²) in [5.41, 5.74) is 3.70. The van der Waals surface area contributed by atoms with Crippen molar-refractivity contribution in [2.24, 2.45) is 7.05 Å². The molecule has 3 rings (SSSR count). The topological polar surface area (TPSA) is 58.3 Å². The third kappa shape index (κ3) is 3.29. The van der Waals surface area contributed by atoms with Gasteiger partial charge in [0, 0.05) is 42.8 Å². The van der Waals surface area contributed by atoms with Gasteiger partial charge in [-0.05, 0) is 25.0 Å². The minimum atomic E-state index is -0.274. The first-order valence-electron chi connectivity index (χ1n) is 8.40. The summed E-state index contributed by atoms with van der Waals surface area (Å²) in [6.07, 6.45) is 6.25. The minimum absolute atomic E-state index is 0.0452. The zero-order valence-electron chi connectivity index (χ0n) is 14.5. The molecule has 25 heavy (non-hydrogen) atoms. The summed E-state index contributed by atoms with van der Waals surface area (Å²) >= 11 is 0. The smallest absolute Gasteiger partial charge is 0.267 e. The van der Waals surface area contributed by atoms with E-state index in [1.807, 2.05) is 32.2 Å². The Balaban J connectivity index is 1.81. The van der Waals surface area contributed by atoms with Crippen LogP contribution in [0, 0.1) is 11.3 Å². The number of carbonyl (C=O) groups is 1. The van der Waals surface area contributed by atoms with Crippen LogP contribution >= 0.6 is 0 Å². The molecular weight excluding hydrogens is 314 g/mol. The van der Waals surface area contributed by atoms with Gasteiger partial charge in [-0.25, -0.2) is 0 Å². The predicted molar refractivity (Wildman–Crippen MR) is 97.4 cm³/mol. The van der Waals surface area contributed by atoms with Crippen molar-refractivity contribution in [2.45, 2.75) is 13.3 Å². The fraction of sp³-hybridized carbons (Fsp3) is 0.300. The van der Waals surface area contributed by atoms with Crippen LogP contribution in [0.4, 0.5) is 0 Å². The lowest BCUT2D eigenvalue weighted by atomic mass is 9.98. The number of rotatable bonds is 4.